The average molecular weight is 360 g/mol. The number of nitrogens with zero attached hydrogens (tertiary/aromatic N) is 2. The van der Waals surface area contributed by atoms with E-state index in [0.717, 1.165) is 30.2 Å². The van der Waals surface area contributed by atoms with Crippen LogP contribution in [-0.2, 0) is 0 Å². The maximum atomic E-state index is 12.4. The third kappa shape index (κ3) is 4.85. The van der Waals surface area contributed by atoms with Crippen LogP contribution in [0, 0.1) is 0 Å². The van der Waals surface area contributed by atoms with Gasteiger partial charge in [-0.3, -0.25) is 4.79 Å². The molecule has 1 amide bonds. The fourth-order valence-electron chi connectivity index (χ4n) is 2.82. The molecule has 138 valence electrons. The highest BCUT2D eigenvalue weighted by molar-refractivity contribution is 6.04. The minimum absolute atomic E-state index is 0.177. The predicted octanol–water partition coefficient (Wildman–Crippen LogP) is 4.92. The molecule has 2 N–H and O–H groups in total. The summed E-state index contributed by atoms with van der Waals surface area (Å²) in [4.78, 5) is 19.0. The molecule has 1 heterocycles. The van der Waals surface area contributed by atoms with Crippen LogP contribution < -0.4 is 15.5 Å². The molecule has 2 aromatic carbocycles. The molecule has 0 saturated carbocycles. The SMILES string of the molecule is CCN(CC)c1ccc(NC(=O)c2ccc(Nc3ccccc3)nc2)cc1. The van der Waals surface area contributed by atoms with Gasteiger partial charge in [0.15, 0.2) is 0 Å². The van der Waals surface area contributed by atoms with Crippen molar-refractivity contribution in [2.75, 3.05) is 28.6 Å². The Kier molecular flexibility index (Phi) is 6.05. The van der Waals surface area contributed by atoms with Gasteiger partial charge in [0.1, 0.15) is 5.82 Å². The molecule has 0 fully saturated rings. The van der Waals surface area contributed by atoms with E-state index in [1.54, 1.807) is 18.3 Å². The number of benzene rings is 2. The Labute approximate surface area is 160 Å². The first kappa shape index (κ1) is 18.5. The summed E-state index contributed by atoms with van der Waals surface area (Å²) in [5.41, 5.74) is 3.38. The van der Waals surface area contributed by atoms with Crippen molar-refractivity contribution in [3.05, 3.63) is 78.5 Å². The molecule has 0 aliphatic carbocycles. The molecule has 5 heteroatoms. The van der Waals surface area contributed by atoms with E-state index in [9.17, 15) is 4.79 Å². The summed E-state index contributed by atoms with van der Waals surface area (Å²) in [7, 11) is 0. The Morgan fingerprint density at radius 2 is 1.59 bits per heavy atom. The number of para-hydroxylation sites is 1. The fraction of sp³-hybridized carbons (Fsp3) is 0.182. The van der Waals surface area contributed by atoms with Gasteiger partial charge in [-0.25, -0.2) is 4.98 Å². The zero-order chi connectivity index (χ0) is 19.1. The van der Waals surface area contributed by atoms with Crippen LogP contribution in [0.3, 0.4) is 0 Å². The number of aromatic nitrogens is 1. The van der Waals surface area contributed by atoms with Gasteiger partial charge in [0.05, 0.1) is 5.56 Å². The number of carbonyl (C=O) groups is 1. The summed E-state index contributed by atoms with van der Waals surface area (Å²) in [6.45, 7) is 6.17. The highest BCUT2D eigenvalue weighted by atomic mass is 16.1. The molecule has 3 rings (SSSR count). The maximum absolute atomic E-state index is 12.4. The van der Waals surface area contributed by atoms with Crippen molar-refractivity contribution < 1.29 is 4.79 Å². The summed E-state index contributed by atoms with van der Waals surface area (Å²) in [5, 5.41) is 6.11. The molecule has 0 spiro atoms. The van der Waals surface area contributed by atoms with Crippen molar-refractivity contribution in [1.29, 1.82) is 0 Å². The molecule has 0 saturated heterocycles. The molecule has 27 heavy (non-hydrogen) atoms. The zero-order valence-corrected chi connectivity index (χ0v) is 15.6. The minimum atomic E-state index is -0.177. The van der Waals surface area contributed by atoms with Gasteiger partial charge in [0, 0.05) is 36.3 Å². The van der Waals surface area contributed by atoms with Gasteiger partial charge in [-0.1, -0.05) is 18.2 Å². The molecule has 0 aliphatic rings. The van der Waals surface area contributed by atoms with Gasteiger partial charge in [-0.15, -0.1) is 0 Å². The van der Waals surface area contributed by atoms with Gasteiger partial charge in [-0.2, -0.15) is 0 Å². The van der Waals surface area contributed by atoms with Crippen LogP contribution in [0.4, 0.5) is 22.9 Å². The monoisotopic (exact) mass is 360 g/mol. The van der Waals surface area contributed by atoms with E-state index in [4.69, 9.17) is 0 Å². The normalized spacial score (nSPS) is 10.3. The van der Waals surface area contributed by atoms with Crippen molar-refractivity contribution in [2.45, 2.75) is 13.8 Å². The number of hydrogen-bond donors (Lipinski definition) is 2. The van der Waals surface area contributed by atoms with Crippen molar-refractivity contribution in [3.8, 4) is 0 Å². The van der Waals surface area contributed by atoms with Crippen LogP contribution in [0.2, 0.25) is 0 Å². The topological polar surface area (TPSA) is 57.3 Å². The number of anilines is 4. The predicted molar refractivity (Wildman–Crippen MR) is 112 cm³/mol. The largest absolute Gasteiger partial charge is 0.372 e. The fourth-order valence-corrected chi connectivity index (χ4v) is 2.82. The van der Waals surface area contributed by atoms with Crippen molar-refractivity contribution in [1.82, 2.24) is 4.98 Å². The van der Waals surface area contributed by atoms with E-state index in [1.165, 1.54) is 0 Å². The van der Waals surface area contributed by atoms with Crippen molar-refractivity contribution in [2.24, 2.45) is 0 Å². The summed E-state index contributed by atoms with van der Waals surface area (Å²) in [5.74, 6) is 0.519. The Bertz CT molecular complexity index is 857. The highest BCUT2D eigenvalue weighted by Gasteiger charge is 2.08. The number of nitrogens with one attached hydrogen (secondary N) is 2. The minimum Gasteiger partial charge on any atom is -0.372 e. The van der Waals surface area contributed by atoms with E-state index in [-0.39, 0.29) is 5.91 Å². The lowest BCUT2D eigenvalue weighted by atomic mass is 10.2. The average Bonchev–Trinajstić information content (AvgIpc) is 2.71. The smallest absolute Gasteiger partial charge is 0.257 e. The molecule has 1 aromatic heterocycles. The van der Waals surface area contributed by atoms with E-state index in [2.05, 4.69) is 34.4 Å². The first-order valence-corrected chi connectivity index (χ1v) is 9.14. The Hall–Kier alpha value is -3.34. The quantitative estimate of drug-likeness (QED) is 0.628. The Morgan fingerprint density at radius 1 is 0.889 bits per heavy atom. The van der Waals surface area contributed by atoms with Crippen LogP contribution in [0.5, 0.6) is 0 Å². The first-order chi connectivity index (χ1) is 13.2. The highest BCUT2D eigenvalue weighted by Crippen LogP contribution is 2.19. The standard InChI is InChI=1S/C22H24N4O/c1-3-26(4-2)20-13-11-19(12-14-20)25-22(27)17-10-15-21(23-16-17)24-18-8-6-5-7-9-18/h5-16H,3-4H2,1-2H3,(H,23,24)(H,25,27). The maximum Gasteiger partial charge on any atom is 0.257 e. The molecule has 3 aromatic rings. The lowest BCUT2D eigenvalue weighted by Gasteiger charge is -2.21. The lowest BCUT2D eigenvalue weighted by molar-refractivity contribution is 0.102. The summed E-state index contributed by atoms with van der Waals surface area (Å²) in [6.07, 6.45) is 1.57. The molecular weight excluding hydrogens is 336 g/mol. The second-order valence-corrected chi connectivity index (χ2v) is 6.10. The number of hydrogen-bond acceptors (Lipinski definition) is 4. The number of carbonyl (C=O) groups excluding carboxylic acids is 1. The van der Waals surface area contributed by atoms with Gasteiger partial charge in [-0.05, 0) is 62.4 Å². The Balaban J connectivity index is 1.62. The zero-order valence-electron chi connectivity index (χ0n) is 15.6. The van der Waals surface area contributed by atoms with Crippen molar-refractivity contribution >= 4 is 28.8 Å². The third-order valence-corrected chi connectivity index (χ3v) is 4.33. The van der Waals surface area contributed by atoms with Gasteiger partial charge >= 0.3 is 0 Å². The summed E-state index contributed by atoms with van der Waals surface area (Å²) in [6, 6.07) is 21.2. The van der Waals surface area contributed by atoms with Crippen LogP contribution in [0.15, 0.2) is 72.9 Å². The lowest BCUT2D eigenvalue weighted by Crippen LogP contribution is -2.21. The van der Waals surface area contributed by atoms with Crippen LogP contribution in [0.1, 0.15) is 24.2 Å². The molecular formula is C22H24N4O. The van der Waals surface area contributed by atoms with Crippen molar-refractivity contribution in [3.63, 3.8) is 0 Å². The van der Waals surface area contributed by atoms with Gasteiger partial charge in [0.25, 0.3) is 5.91 Å². The molecule has 0 unspecified atom stereocenters. The molecule has 5 nitrogen and oxygen atoms in total. The summed E-state index contributed by atoms with van der Waals surface area (Å²) >= 11 is 0. The van der Waals surface area contributed by atoms with E-state index in [1.807, 2.05) is 54.6 Å². The number of pyridine rings is 1. The molecule has 0 radical (unpaired) electrons. The van der Waals surface area contributed by atoms with Crippen LogP contribution >= 0.6 is 0 Å². The second-order valence-electron chi connectivity index (χ2n) is 6.10. The molecule has 0 aliphatic heterocycles. The summed E-state index contributed by atoms with van der Waals surface area (Å²) < 4.78 is 0. The van der Waals surface area contributed by atoms with E-state index >= 15 is 0 Å². The Morgan fingerprint density at radius 3 is 2.19 bits per heavy atom. The second kappa shape index (κ2) is 8.85. The van der Waals surface area contributed by atoms with Crippen LogP contribution in [0.25, 0.3) is 0 Å². The third-order valence-electron chi connectivity index (χ3n) is 4.33. The molecule has 0 atom stereocenters. The van der Waals surface area contributed by atoms with E-state index < -0.39 is 0 Å². The van der Waals surface area contributed by atoms with Crippen LogP contribution in [-0.4, -0.2) is 24.0 Å². The number of amides is 1. The number of rotatable bonds is 7. The first-order valence-electron chi connectivity index (χ1n) is 9.14. The molecule has 0 bridgehead atoms. The van der Waals surface area contributed by atoms with Gasteiger partial charge in [0.2, 0.25) is 0 Å². The van der Waals surface area contributed by atoms with Gasteiger partial charge < -0.3 is 15.5 Å². The van der Waals surface area contributed by atoms with E-state index in [0.29, 0.717) is 11.4 Å².